The van der Waals surface area contributed by atoms with E-state index in [2.05, 4.69) is 18.7 Å². The van der Waals surface area contributed by atoms with Crippen LogP contribution in [0.25, 0.3) is 10.1 Å². The van der Waals surface area contributed by atoms with E-state index in [1.54, 1.807) is 0 Å². The lowest BCUT2D eigenvalue weighted by Crippen LogP contribution is -2.27. The van der Waals surface area contributed by atoms with Gasteiger partial charge >= 0.3 is 5.97 Å². The first kappa shape index (κ1) is 14.0. The molecule has 1 aromatic carbocycles. The Morgan fingerprint density at radius 2 is 2.00 bits per heavy atom. The van der Waals surface area contributed by atoms with E-state index in [9.17, 15) is 4.79 Å². The van der Waals surface area contributed by atoms with Crippen molar-refractivity contribution in [2.75, 3.05) is 26.2 Å². The molecule has 19 heavy (non-hydrogen) atoms. The Labute approximate surface area is 117 Å². The number of benzene rings is 1. The van der Waals surface area contributed by atoms with Gasteiger partial charge in [-0.1, -0.05) is 32.0 Å². The van der Waals surface area contributed by atoms with Crippen LogP contribution in [-0.4, -0.2) is 37.1 Å². The minimum absolute atomic E-state index is 0.214. The highest BCUT2D eigenvalue weighted by Gasteiger charge is 2.11. The molecular weight excluding hydrogens is 258 g/mol. The van der Waals surface area contributed by atoms with Crippen molar-refractivity contribution in [1.82, 2.24) is 4.90 Å². The number of nitrogens with zero attached hydrogens (tertiary/aromatic N) is 1. The van der Waals surface area contributed by atoms with Gasteiger partial charge in [0.2, 0.25) is 0 Å². The molecule has 0 fully saturated rings. The second kappa shape index (κ2) is 6.68. The molecule has 0 bridgehead atoms. The molecule has 102 valence electrons. The molecule has 0 unspecified atom stereocenters. The van der Waals surface area contributed by atoms with E-state index in [4.69, 9.17) is 4.74 Å². The Morgan fingerprint density at radius 1 is 1.26 bits per heavy atom. The van der Waals surface area contributed by atoms with Crippen LogP contribution in [0.3, 0.4) is 0 Å². The summed E-state index contributed by atoms with van der Waals surface area (Å²) in [5.74, 6) is -0.214. The summed E-state index contributed by atoms with van der Waals surface area (Å²) >= 11 is 1.49. The summed E-state index contributed by atoms with van der Waals surface area (Å²) in [6, 6.07) is 9.89. The highest BCUT2D eigenvalue weighted by Crippen LogP contribution is 2.25. The van der Waals surface area contributed by atoms with E-state index in [-0.39, 0.29) is 5.97 Å². The lowest BCUT2D eigenvalue weighted by molar-refractivity contribution is 0.0472. The number of ether oxygens (including phenoxy) is 1. The average molecular weight is 277 g/mol. The fraction of sp³-hybridized carbons (Fsp3) is 0.400. The summed E-state index contributed by atoms with van der Waals surface area (Å²) in [6.45, 7) is 7.43. The number of hydrogen-bond donors (Lipinski definition) is 0. The van der Waals surface area contributed by atoms with Gasteiger partial charge in [-0.05, 0) is 30.6 Å². The molecule has 2 aromatic rings. The number of hydrogen-bond acceptors (Lipinski definition) is 4. The third-order valence-corrected chi connectivity index (χ3v) is 4.26. The third-order valence-electron chi connectivity index (χ3n) is 3.16. The van der Waals surface area contributed by atoms with Gasteiger partial charge in [0.1, 0.15) is 11.5 Å². The summed E-state index contributed by atoms with van der Waals surface area (Å²) in [5, 5.41) is 1.10. The Hall–Kier alpha value is -1.39. The van der Waals surface area contributed by atoms with Crippen LogP contribution in [0.1, 0.15) is 23.5 Å². The van der Waals surface area contributed by atoms with Crippen LogP contribution in [0.4, 0.5) is 0 Å². The third kappa shape index (κ3) is 3.55. The molecule has 1 heterocycles. The van der Waals surface area contributed by atoms with Crippen LogP contribution < -0.4 is 0 Å². The lowest BCUT2D eigenvalue weighted by atomic mass is 10.2. The molecule has 0 aliphatic carbocycles. The normalized spacial score (nSPS) is 11.1. The molecule has 0 atom stereocenters. The zero-order valence-corrected chi connectivity index (χ0v) is 12.2. The second-order valence-electron chi connectivity index (χ2n) is 4.31. The van der Waals surface area contributed by atoms with Crippen LogP contribution in [0.2, 0.25) is 0 Å². The van der Waals surface area contributed by atoms with Crippen LogP contribution >= 0.6 is 11.3 Å². The van der Waals surface area contributed by atoms with Crippen molar-refractivity contribution in [2.24, 2.45) is 0 Å². The summed E-state index contributed by atoms with van der Waals surface area (Å²) < 4.78 is 6.44. The second-order valence-corrected chi connectivity index (χ2v) is 5.40. The minimum Gasteiger partial charge on any atom is -0.460 e. The van der Waals surface area contributed by atoms with E-state index in [0.717, 1.165) is 29.7 Å². The van der Waals surface area contributed by atoms with Gasteiger partial charge in [0.25, 0.3) is 0 Å². The molecule has 4 heteroatoms. The molecule has 0 aliphatic heterocycles. The summed E-state index contributed by atoms with van der Waals surface area (Å²) in [6.07, 6.45) is 0. The number of carbonyl (C=O) groups is 1. The van der Waals surface area contributed by atoms with Crippen molar-refractivity contribution in [1.29, 1.82) is 0 Å². The Kier molecular flexibility index (Phi) is 4.93. The van der Waals surface area contributed by atoms with Crippen LogP contribution in [-0.2, 0) is 4.74 Å². The van der Waals surface area contributed by atoms with Gasteiger partial charge in [0.05, 0.1) is 0 Å². The molecule has 0 radical (unpaired) electrons. The Balaban J connectivity index is 1.92. The van der Waals surface area contributed by atoms with Gasteiger partial charge in [0.15, 0.2) is 0 Å². The summed E-state index contributed by atoms with van der Waals surface area (Å²) in [4.78, 5) is 14.9. The SMILES string of the molecule is CCN(CC)CCOC(=O)c1cc2ccccc2s1. The number of likely N-dealkylation sites (N-methyl/N-ethyl adjacent to an activating group) is 1. The zero-order chi connectivity index (χ0) is 13.7. The maximum absolute atomic E-state index is 11.9. The van der Waals surface area contributed by atoms with Gasteiger partial charge < -0.3 is 9.64 Å². The fourth-order valence-electron chi connectivity index (χ4n) is 1.96. The first-order valence-electron chi connectivity index (χ1n) is 6.62. The average Bonchev–Trinajstić information content (AvgIpc) is 2.87. The van der Waals surface area contributed by atoms with Crippen LogP contribution in [0.15, 0.2) is 30.3 Å². The van der Waals surface area contributed by atoms with Gasteiger partial charge in [0, 0.05) is 11.2 Å². The maximum atomic E-state index is 11.9. The molecule has 3 nitrogen and oxygen atoms in total. The minimum atomic E-state index is -0.214. The number of fused-ring (bicyclic) bond motifs is 1. The molecule has 0 saturated carbocycles. The van der Waals surface area contributed by atoms with Gasteiger partial charge in [-0.25, -0.2) is 4.79 Å². The standard InChI is InChI=1S/C15H19NO2S/c1-3-16(4-2)9-10-18-15(17)14-11-12-7-5-6-8-13(12)19-14/h5-8,11H,3-4,9-10H2,1-2H3. The number of thiophene rings is 1. The highest BCUT2D eigenvalue weighted by molar-refractivity contribution is 7.20. The molecule has 0 amide bonds. The summed E-state index contributed by atoms with van der Waals surface area (Å²) in [7, 11) is 0. The van der Waals surface area contributed by atoms with E-state index in [1.807, 2.05) is 30.3 Å². The zero-order valence-electron chi connectivity index (χ0n) is 11.4. The first-order valence-corrected chi connectivity index (χ1v) is 7.44. The molecule has 1 aromatic heterocycles. The molecule has 0 saturated heterocycles. The topological polar surface area (TPSA) is 29.5 Å². The monoisotopic (exact) mass is 277 g/mol. The quantitative estimate of drug-likeness (QED) is 0.758. The van der Waals surface area contributed by atoms with Crippen molar-refractivity contribution in [3.05, 3.63) is 35.2 Å². The number of carbonyl (C=O) groups excluding carboxylic acids is 1. The van der Waals surface area contributed by atoms with Crippen molar-refractivity contribution < 1.29 is 9.53 Å². The highest BCUT2D eigenvalue weighted by atomic mass is 32.1. The van der Waals surface area contributed by atoms with Crippen molar-refractivity contribution in [3.8, 4) is 0 Å². The van der Waals surface area contributed by atoms with E-state index in [1.165, 1.54) is 11.3 Å². The molecule has 0 aliphatic rings. The van der Waals surface area contributed by atoms with Crippen molar-refractivity contribution in [2.45, 2.75) is 13.8 Å². The summed E-state index contributed by atoms with van der Waals surface area (Å²) in [5.41, 5.74) is 0. The van der Waals surface area contributed by atoms with E-state index < -0.39 is 0 Å². The molecule has 0 N–H and O–H groups in total. The fourth-order valence-corrected chi connectivity index (χ4v) is 2.92. The number of rotatable bonds is 6. The molecule has 0 spiro atoms. The van der Waals surface area contributed by atoms with Crippen molar-refractivity contribution in [3.63, 3.8) is 0 Å². The van der Waals surface area contributed by atoms with Gasteiger partial charge in [-0.15, -0.1) is 11.3 Å². The van der Waals surface area contributed by atoms with E-state index in [0.29, 0.717) is 11.5 Å². The van der Waals surface area contributed by atoms with Crippen LogP contribution in [0.5, 0.6) is 0 Å². The van der Waals surface area contributed by atoms with Crippen LogP contribution in [0, 0.1) is 0 Å². The lowest BCUT2D eigenvalue weighted by Gasteiger charge is -2.17. The first-order chi connectivity index (χ1) is 9.24. The largest absolute Gasteiger partial charge is 0.460 e. The Bertz CT molecular complexity index is 513. The maximum Gasteiger partial charge on any atom is 0.348 e. The Morgan fingerprint density at radius 3 is 2.68 bits per heavy atom. The van der Waals surface area contributed by atoms with Gasteiger partial charge in [-0.3, -0.25) is 0 Å². The van der Waals surface area contributed by atoms with E-state index >= 15 is 0 Å². The predicted octanol–water partition coefficient (Wildman–Crippen LogP) is 3.40. The van der Waals surface area contributed by atoms with Gasteiger partial charge in [-0.2, -0.15) is 0 Å². The molecule has 2 rings (SSSR count). The molecular formula is C15H19NO2S. The van der Waals surface area contributed by atoms with Crippen molar-refractivity contribution >= 4 is 27.4 Å². The number of esters is 1. The predicted molar refractivity (Wildman–Crippen MR) is 79.9 cm³/mol. The smallest absolute Gasteiger partial charge is 0.348 e.